The van der Waals surface area contributed by atoms with Crippen LogP contribution < -0.4 is 10.6 Å². The second-order valence-electron chi connectivity index (χ2n) is 4.48. The van der Waals surface area contributed by atoms with Gasteiger partial charge in [-0.05, 0) is 12.7 Å². The summed E-state index contributed by atoms with van der Waals surface area (Å²) in [7, 11) is 0. The molecule has 1 saturated heterocycles. The molecule has 0 atom stereocenters. The molecule has 0 spiro atoms. The van der Waals surface area contributed by atoms with Crippen LogP contribution in [0.25, 0.3) is 0 Å². The molecule has 0 radical (unpaired) electrons. The lowest BCUT2D eigenvalue weighted by Gasteiger charge is -2.22. The van der Waals surface area contributed by atoms with E-state index in [-0.39, 0.29) is 5.91 Å². The minimum atomic E-state index is 0.133. The highest BCUT2D eigenvalue weighted by molar-refractivity contribution is 7.98. The van der Waals surface area contributed by atoms with E-state index in [4.69, 9.17) is 5.73 Å². The molecule has 2 N–H and O–H groups in total. The standard InChI is InChI=1S/C12H19N5OS/c1-9(18)16-4-3-5-17(7-6-16)11-8-10(13)14-12(15-11)19-2/h8H,3-7H2,1-2H3,(H2,13,14,15). The molecule has 104 valence electrons. The van der Waals surface area contributed by atoms with Crippen LogP contribution in [0.15, 0.2) is 11.2 Å². The molecule has 1 amide bonds. The molecule has 0 bridgehead atoms. The molecule has 0 unspecified atom stereocenters. The molecular formula is C12H19N5OS. The highest BCUT2D eigenvalue weighted by atomic mass is 32.2. The summed E-state index contributed by atoms with van der Waals surface area (Å²) >= 11 is 1.48. The Bertz CT molecular complexity index is 467. The summed E-state index contributed by atoms with van der Waals surface area (Å²) in [5.41, 5.74) is 5.80. The van der Waals surface area contributed by atoms with Gasteiger partial charge in [-0.2, -0.15) is 0 Å². The summed E-state index contributed by atoms with van der Waals surface area (Å²) in [6.45, 7) is 4.82. The minimum absolute atomic E-state index is 0.133. The summed E-state index contributed by atoms with van der Waals surface area (Å²) in [5, 5.41) is 0.683. The van der Waals surface area contributed by atoms with Gasteiger partial charge in [-0.15, -0.1) is 0 Å². The van der Waals surface area contributed by atoms with Crippen molar-refractivity contribution in [2.45, 2.75) is 18.5 Å². The quantitative estimate of drug-likeness (QED) is 0.639. The van der Waals surface area contributed by atoms with Crippen molar-refractivity contribution in [3.05, 3.63) is 6.07 Å². The summed E-state index contributed by atoms with van der Waals surface area (Å²) in [6.07, 6.45) is 2.87. The molecule has 0 saturated carbocycles. The van der Waals surface area contributed by atoms with Crippen LogP contribution >= 0.6 is 11.8 Å². The normalized spacial score (nSPS) is 16.3. The van der Waals surface area contributed by atoms with Crippen LogP contribution in [0.1, 0.15) is 13.3 Å². The zero-order valence-electron chi connectivity index (χ0n) is 11.3. The van der Waals surface area contributed by atoms with Crippen LogP contribution in [0.2, 0.25) is 0 Å². The van der Waals surface area contributed by atoms with Crippen molar-refractivity contribution in [2.24, 2.45) is 0 Å². The largest absolute Gasteiger partial charge is 0.383 e. The molecule has 1 aliphatic heterocycles. The summed E-state index contributed by atoms with van der Waals surface area (Å²) < 4.78 is 0. The number of nitrogens with zero attached hydrogens (tertiary/aromatic N) is 4. The Labute approximate surface area is 117 Å². The van der Waals surface area contributed by atoms with E-state index in [0.717, 1.165) is 38.4 Å². The first kappa shape index (κ1) is 13.9. The van der Waals surface area contributed by atoms with Crippen LogP contribution in [0.4, 0.5) is 11.6 Å². The van der Waals surface area contributed by atoms with Crippen LogP contribution in [0.3, 0.4) is 0 Å². The van der Waals surface area contributed by atoms with Crippen LogP contribution in [-0.2, 0) is 4.79 Å². The fourth-order valence-electron chi connectivity index (χ4n) is 2.14. The van der Waals surface area contributed by atoms with Crippen molar-refractivity contribution in [1.29, 1.82) is 0 Å². The number of hydrogen-bond donors (Lipinski definition) is 1. The Balaban J connectivity index is 2.13. The van der Waals surface area contributed by atoms with Gasteiger partial charge in [-0.3, -0.25) is 4.79 Å². The minimum Gasteiger partial charge on any atom is -0.383 e. The monoisotopic (exact) mass is 281 g/mol. The third-order valence-electron chi connectivity index (χ3n) is 3.16. The van der Waals surface area contributed by atoms with Crippen molar-refractivity contribution < 1.29 is 4.79 Å². The predicted molar refractivity (Wildman–Crippen MR) is 77.3 cm³/mol. The molecular weight excluding hydrogens is 262 g/mol. The predicted octanol–water partition coefficient (Wildman–Crippen LogP) is 0.839. The average Bonchev–Trinajstić information content (AvgIpc) is 2.63. The van der Waals surface area contributed by atoms with E-state index < -0.39 is 0 Å². The maximum absolute atomic E-state index is 11.4. The van der Waals surface area contributed by atoms with Crippen molar-refractivity contribution >= 4 is 29.3 Å². The van der Waals surface area contributed by atoms with E-state index in [1.54, 1.807) is 13.0 Å². The van der Waals surface area contributed by atoms with E-state index in [0.29, 0.717) is 11.0 Å². The fourth-order valence-corrected chi connectivity index (χ4v) is 2.53. The first-order chi connectivity index (χ1) is 9.10. The number of anilines is 2. The lowest BCUT2D eigenvalue weighted by Crippen LogP contribution is -2.34. The second-order valence-corrected chi connectivity index (χ2v) is 5.26. The first-order valence-electron chi connectivity index (χ1n) is 6.29. The van der Waals surface area contributed by atoms with Gasteiger partial charge in [-0.1, -0.05) is 11.8 Å². The van der Waals surface area contributed by atoms with Crippen molar-refractivity contribution in [1.82, 2.24) is 14.9 Å². The van der Waals surface area contributed by atoms with E-state index in [1.807, 2.05) is 11.2 Å². The van der Waals surface area contributed by atoms with Gasteiger partial charge in [0.2, 0.25) is 5.91 Å². The molecule has 2 heterocycles. The Morgan fingerprint density at radius 2 is 2.11 bits per heavy atom. The number of amides is 1. The van der Waals surface area contributed by atoms with Gasteiger partial charge in [-0.25, -0.2) is 9.97 Å². The summed E-state index contributed by atoms with van der Waals surface area (Å²) in [6, 6.07) is 1.79. The molecule has 1 aromatic rings. The van der Waals surface area contributed by atoms with Crippen LogP contribution in [0, 0.1) is 0 Å². The highest BCUT2D eigenvalue weighted by Gasteiger charge is 2.18. The fraction of sp³-hybridized carbons (Fsp3) is 0.583. The molecule has 0 aliphatic carbocycles. The third-order valence-corrected chi connectivity index (χ3v) is 3.71. The molecule has 1 aromatic heterocycles. The van der Waals surface area contributed by atoms with Gasteiger partial charge in [0, 0.05) is 39.2 Å². The van der Waals surface area contributed by atoms with E-state index in [2.05, 4.69) is 14.9 Å². The number of thioether (sulfide) groups is 1. The summed E-state index contributed by atoms with van der Waals surface area (Å²) in [4.78, 5) is 24.1. The Hall–Kier alpha value is -1.50. The highest BCUT2D eigenvalue weighted by Crippen LogP contribution is 2.20. The lowest BCUT2D eigenvalue weighted by molar-refractivity contribution is -0.128. The molecule has 1 fully saturated rings. The Morgan fingerprint density at radius 3 is 2.79 bits per heavy atom. The van der Waals surface area contributed by atoms with Crippen molar-refractivity contribution in [2.75, 3.05) is 43.1 Å². The third kappa shape index (κ3) is 3.50. The van der Waals surface area contributed by atoms with E-state index in [1.165, 1.54) is 11.8 Å². The Kier molecular flexibility index (Phi) is 4.47. The first-order valence-corrected chi connectivity index (χ1v) is 7.51. The zero-order chi connectivity index (χ0) is 13.8. The van der Waals surface area contributed by atoms with Crippen LogP contribution in [0.5, 0.6) is 0 Å². The van der Waals surface area contributed by atoms with Crippen LogP contribution in [-0.4, -0.2) is 53.2 Å². The number of aromatic nitrogens is 2. The molecule has 19 heavy (non-hydrogen) atoms. The van der Waals surface area contributed by atoms with E-state index >= 15 is 0 Å². The number of carbonyl (C=O) groups excluding carboxylic acids is 1. The maximum Gasteiger partial charge on any atom is 0.219 e. The maximum atomic E-state index is 11.4. The molecule has 7 heteroatoms. The zero-order valence-corrected chi connectivity index (χ0v) is 12.1. The van der Waals surface area contributed by atoms with Gasteiger partial charge < -0.3 is 15.5 Å². The van der Waals surface area contributed by atoms with Crippen molar-refractivity contribution in [3.63, 3.8) is 0 Å². The SMILES string of the molecule is CSc1nc(N)cc(N2CCCN(C(C)=O)CC2)n1. The Morgan fingerprint density at radius 1 is 1.32 bits per heavy atom. The average molecular weight is 281 g/mol. The molecule has 0 aromatic carbocycles. The number of nitrogens with two attached hydrogens (primary N) is 1. The number of hydrogen-bond acceptors (Lipinski definition) is 6. The lowest BCUT2D eigenvalue weighted by atomic mass is 10.3. The van der Waals surface area contributed by atoms with Gasteiger partial charge in [0.1, 0.15) is 11.6 Å². The van der Waals surface area contributed by atoms with Gasteiger partial charge in [0.05, 0.1) is 0 Å². The molecule has 1 aliphatic rings. The van der Waals surface area contributed by atoms with Gasteiger partial charge in [0.25, 0.3) is 0 Å². The smallest absolute Gasteiger partial charge is 0.219 e. The van der Waals surface area contributed by atoms with Gasteiger partial charge in [0.15, 0.2) is 5.16 Å². The topological polar surface area (TPSA) is 75.3 Å². The molecule has 2 rings (SSSR count). The second kappa shape index (κ2) is 6.10. The van der Waals surface area contributed by atoms with Crippen molar-refractivity contribution in [3.8, 4) is 0 Å². The molecule has 6 nitrogen and oxygen atoms in total. The number of carbonyl (C=O) groups is 1. The van der Waals surface area contributed by atoms with Gasteiger partial charge >= 0.3 is 0 Å². The summed E-state index contributed by atoms with van der Waals surface area (Å²) in [5.74, 6) is 1.47. The number of rotatable bonds is 2. The number of nitrogen functional groups attached to an aromatic ring is 1. The van der Waals surface area contributed by atoms with E-state index in [9.17, 15) is 4.79 Å².